The summed E-state index contributed by atoms with van der Waals surface area (Å²) in [6.45, 7) is 21.9. The molecule has 16 atom stereocenters. The van der Waals surface area contributed by atoms with E-state index >= 15 is 9.18 Å². The van der Waals surface area contributed by atoms with Gasteiger partial charge in [0.05, 0.1) is 71.9 Å². The van der Waals surface area contributed by atoms with Crippen molar-refractivity contribution in [2.24, 2.45) is 41.1 Å². The van der Waals surface area contributed by atoms with E-state index in [-0.39, 0.29) is 92.3 Å². The molecule has 730 valence electrons. The number of likely N-dealkylation sites (N-methyl/N-ethyl adjacent to an activating group) is 2. The number of amides is 10. The summed E-state index contributed by atoms with van der Waals surface area (Å²) in [6.07, 6.45) is -8.21. The number of anilines is 3. The number of benzene rings is 4. The number of carboxylic acid groups (broad SMARTS) is 1. The number of hydrogen-bond donors (Lipinski definition) is 16. The van der Waals surface area contributed by atoms with Gasteiger partial charge in [0.1, 0.15) is 72.3 Å². The molecule has 3 fully saturated rings. The first kappa shape index (κ1) is 106. The monoisotopic (exact) mass is 1880 g/mol. The maximum absolute atomic E-state index is 15.1. The van der Waals surface area contributed by atoms with E-state index in [1.54, 1.807) is 97.8 Å². The summed E-state index contributed by atoms with van der Waals surface area (Å²) < 4.78 is 44.4. The molecule has 6 aromatic rings. The number of urea groups is 1. The van der Waals surface area contributed by atoms with E-state index in [2.05, 4.69) is 52.4 Å². The first-order chi connectivity index (χ1) is 63.2. The minimum atomic E-state index is -2.15. The number of imidazole rings is 1. The van der Waals surface area contributed by atoms with Crippen LogP contribution in [0.15, 0.2) is 91.1 Å². The lowest BCUT2D eigenvalue weighted by Crippen LogP contribution is -2.61. The highest BCUT2D eigenvalue weighted by molar-refractivity contribution is 6.31. The molecule has 133 heavy (non-hydrogen) atoms. The van der Waals surface area contributed by atoms with E-state index in [0.29, 0.717) is 109 Å². The molecule has 2 aromatic heterocycles. The van der Waals surface area contributed by atoms with Crippen molar-refractivity contribution in [1.82, 2.24) is 61.6 Å². The van der Waals surface area contributed by atoms with Crippen molar-refractivity contribution in [3.05, 3.63) is 119 Å². The summed E-state index contributed by atoms with van der Waals surface area (Å²) >= 11 is 6.43. The highest BCUT2D eigenvalue weighted by Gasteiger charge is 2.49. The fourth-order valence-corrected chi connectivity index (χ4v) is 17.3. The summed E-state index contributed by atoms with van der Waals surface area (Å²) in [4.78, 5) is 159. The van der Waals surface area contributed by atoms with Gasteiger partial charge < -0.3 is 123 Å². The summed E-state index contributed by atoms with van der Waals surface area (Å²) in [5.41, 5.74) is 17.3. The summed E-state index contributed by atoms with van der Waals surface area (Å²) in [7, 11) is 4.40. The van der Waals surface area contributed by atoms with Gasteiger partial charge in [0.15, 0.2) is 6.10 Å². The third-order valence-corrected chi connectivity index (χ3v) is 24.9. The van der Waals surface area contributed by atoms with Crippen molar-refractivity contribution in [1.29, 1.82) is 0 Å². The molecule has 3 saturated heterocycles. The number of halogens is 2. The van der Waals surface area contributed by atoms with Crippen LogP contribution in [0.2, 0.25) is 5.02 Å². The molecule has 0 bridgehead atoms. The zero-order chi connectivity index (χ0) is 97.4. The molecule has 3 aliphatic rings. The minimum absolute atomic E-state index is 0.0254. The van der Waals surface area contributed by atoms with E-state index in [0.717, 1.165) is 34.6 Å². The number of aryl methyl sites for hydroxylation is 1. The number of aliphatic hydroxyl groups excluding tert-OH is 4. The number of aromatic amines is 1. The number of piperidine rings is 1. The fourth-order valence-electron chi connectivity index (χ4n) is 17.1. The number of H-pyrrole nitrogens is 1. The average molecular weight is 1880 g/mol. The number of carbonyl (C=O) groups excluding carboxylic acids is 9. The number of aromatic nitrogens is 3. The van der Waals surface area contributed by atoms with Crippen LogP contribution in [-0.2, 0) is 63.9 Å². The van der Waals surface area contributed by atoms with Gasteiger partial charge in [-0.3, -0.25) is 38.5 Å². The molecule has 10 amide bonds. The molecule has 18 N–H and O–H groups in total. The van der Waals surface area contributed by atoms with Crippen LogP contribution in [-0.4, -0.2) is 280 Å². The first-order valence-corrected chi connectivity index (χ1v) is 46.1. The summed E-state index contributed by atoms with van der Waals surface area (Å²) in [6, 6.07) is 15.7. The Balaban J connectivity index is 0.820. The number of nitrogens with two attached hydrogens (primary N) is 2. The van der Waals surface area contributed by atoms with E-state index in [1.807, 2.05) is 51.1 Å². The molecule has 0 aliphatic carbocycles. The third kappa shape index (κ3) is 28.8. The number of pyridine rings is 1. The molecule has 0 unspecified atom stereocenters. The van der Waals surface area contributed by atoms with E-state index in [1.165, 1.54) is 49.4 Å². The number of primary amides is 1. The lowest BCUT2D eigenvalue weighted by atomic mass is 9.89. The van der Waals surface area contributed by atoms with Crippen LogP contribution in [0.1, 0.15) is 156 Å². The van der Waals surface area contributed by atoms with Gasteiger partial charge >= 0.3 is 18.1 Å². The molecule has 4 aromatic carbocycles. The number of likely N-dealkylation sites (tertiary alicyclic amines) is 1. The van der Waals surface area contributed by atoms with Gasteiger partial charge in [0.25, 0.3) is 0 Å². The Morgan fingerprint density at radius 2 is 1.48 bits per heavy atom. The second-order valence-electron chi connectivity index (χ2n) is 35.9. The Bertz CT molecular complexity index is 4910. The summed E-state index contributed by atoms with van der Waals surface area (Å²) in [5.74, 6) is -7.80. The SMILES string of the molecule is CC[C@H](C)[C@@H]([C@@H](CC(=O)N1CCC[C@H]1C[C@@H](C)C(=O)N[C@H](C)[C@@H](O)c1ccccc1)OC)N(C)C(=O)[C@@H](NC(=O)[C@H](C(C)C)N(C)C(=O)OCc1ccc(NC(=O)[C@H](CCCNC(N)=O)NC(=O)[C@@H](NC(=O)CCOCCNCCNc2ncc(-c3cc(C)cc(F)c3)c(N3CCC(N)CC3)c2-c2nc3ccc(Cl)cc3[nH]2)C(C)C)c(O[C@@H]2O[C@H](C(=O)O)[C@@H](O)[C@H](O)[C@H]2O)c1)C(C)C. The van der Waals surface area contributed by atoms with Crippen molar-refractivity contribution in [3.8, 4) is 28.3 Å². The maximum atomic E-state index is 15.1. The number of aliphatic hydroxyl groups is 4. The predicted octanol–water partition coefficient (Wildman–Crippen LogP) is 6.98. The predicted molar refractivity (Wildman–Crippen MR) is 499 cm³/mol. The maximum Gasteiger partial charge on any atom is 0.410 e. The number of nitrogens with zero attached hydrogens (tertiary/aromatic N) is 6. The van der Waals surface area contributed by atoms with E-state index < -0.39 is 163 Å². The van der Waals surface area contributed by atoms with Crippen LogP contribution in [0.3, 0.4) is 0 Å². The highest BCUT2D eigenvalue weighted by atomic mass is 35.5. The zero-order valence-electron chi connectivity index (χ0n) is 78.3. The Hall–Kier alpha value is -10.9. The van der Waals surface area contributed by atoms with Crippen molar-refractivity contribution in [2.45, 2.75) is 238 Å². The fraction of sp³-hybridized carbons (Fsp3) is 0.574. The normalized spacial score (nSPS) is 19.3. The summed E-state index contributed by atoms with van der Waals surface area (Å²) in [5, 5.41) is 77.4. The lowest BCUT2D eigenvalue weighted by Gasteiger charge is -2.40. The minimum Gasteiger partial charge on any atom is -0.479 e. The number of hydrogen-bond acceptors (Lipinski definition) is 25. The molecule has 3 aliphatic heterocycles. The molecular formula is C94H135ClFN17O20. The van der Waals surface area contributed by atoms with Gasteiger partial charge in [-0.1, -0.05) is 123 Å². The van der Waals surface area contributed by atoms with Crippen LogP contribution < -0.4 is 63.6 Å². The van der Waals surface area contributed by atoms with Crippen LogP contribution >= 0.6 is 11.6 Å². The number of carboxylic acids is 1. The Labute approximate surface area is 780 Å². The number of methoxy groups -OCH3 is 1. The van der Waals surface area contributed by atoms with Gasteiger partial charge in [0, 0.05) is 108 Å². The van der Waals surface area contributed by atoms with Gasteiger partial charge in [-0.15, -0.1) is 0 Å². The largest absolute Gasteiger partial charge is 0.479 e. The Morgan fingerprint density at radius 1 is 0.767 bits per heavy atom. The molecule has 0 radical (unpaired) electrons. The number of fused-ring (bicyclic) bond motifs is 1. The van der Waals surface area contributed by atoms with E-state index in [4.69, 9.17) is 56.7 Å². The van der Waals surface area contributed by atoms with Gasteiger partial charge in [-0.05, 0) is 147 Å². The van der Waals surface area contributed by atoms with Gasteiger partial charge in [-0.2, -0.15) is 0 Å². The first-order valence-electron chi connectivity index (χ1n) is 45.7. The second-order valence-corrected chi connectivity index (χ2v) is 36.3. The molecule has 9 rings (SSSR count). The van der Waals surface area contributed by atoms with Gasteiger partial charge in [-0.25, -0.2) is 28.7 Å². The molecule has 0 spiro atoms. The lowest BCUT2D eigenvalue weighted by molar-refractivity contribution is -0.271. The average Bonchev–Trinajstić information content (AvgIpc) is 1.71. The van der Waals surface area contributed by atoms with Crippen LogP contribution in [0.4, 0.5) is 31.2 Å². The van der Waals surface area contributed by atoms with Crippen LogP contribution in [0.25, 0.3) is 33.5 Å². The second kappa shape index (κ2) is 49.9. The number of aliphatic carboxylic acids is 1. The number of rotatable bonds is 47. The van der Waals surface area contributed by atoms with Crippen LogP contribution in [0.5, 0.6) is 5.75 Å². The smallest absolute Gasteiger partial charge is 0.410 e. The molecular weight excluding hydrogens is 1740 g/mol. The van der Waals surface area contributed by atoms with Crippen molar-refractivity contribution >= 4 is 99.3 Å². The van der Waals surface area contributed by atoms with Crippen molar-refractivity contribution in [2.75, 3.05) is 95.8 Å². The molecule has 37 nitrogen and oxygen atoms in total. The van der Waals surface area contributed by atoms with Gasteiger partial charge in [0.2, 0.25) is 47.6 Å². The Morgan fingerprint density at radius 3 is 2.14 bits per heavy atom. The quantitative estimate of drug-likeness (QED) is 0.0171. The topological polar surface area (TPSA) is 521 Å². The number of nitrogens with one attached hydrogen (secondary N) is 9. The standard InChI is InChI=1S/C94H135ClFN17O20/c1-15-54(9)77(70(129-14)47-72(115)113-36-20-23-63(113)43-55(10)86(120)103-56(11)79(116)58-21-17-16-18-22-58)110(12)90(124)75(51(4)5)109-89(123)76(52(6)7)111(13)94(128)131-49-57-25-27-66(69(44-57)132-92-82(119)80(117)81(118)83(133-92)91(125)126)106-87(121)67(24-19-32-101-93(98)127)107-88(122)74(50(2)3)108-71(114)31-39-130-40-35-99-33-34-100-84-73(85-104-65-28-26-60(95)46-68(65)105-85)78(112-37-29-62(97)30-38-112)64(48-102-84)59-41-53(8)42-61(96)45-59/h16-18,21-22,25-28,41-42,44-46,48,50-52,54-56,62-63,67,70,74-77,79-83,92,99,116-119H,15,19-20,23-24,29-40,43,47,49,97H2,1-14H3,(H,100,102)(H,103,120)(H,104,105)(H,106,121)(H,107,122)(H,108,114)(H,109,123)(H,125,126)(H3,98,101,127)/t54-,55+,56+,63-,67-,70+,74-,75-,76-,77-,79+,80-,81-,82+,83-,92+/m0/s1. The van der Waals surface area contributed by atoms with Crippen molar-refractivity contribution in [3.63, 3.8) is 0 Å². The molecule has 0 saturated carbocycles. The molecule has 5 heterocycles. The number of ether oxygens (including phenoxy) is 5. The highest BCUT2D eigenvalue weighted by Crippen LogP contribution is 2.45. The Kier molecular flexibility index (Phi) is 39.7. The zero-order valence-corrected chi connectivity index (χ0v) is 79.1. The van der Waals surface area contributed by atoms with E-state index in [9.17, 15) is 68.7 Å². The van der Waals surface area contributed by atoms with Crippen molar-refractivity contribution < 1.29 is 102 Å². The number of carbonyl (C=O) groups is 10. The third-order valence-electron chi connectivity index (χ3n) is 24.7. The van der Waals surface area contributed by atoms with Crippen LogP contribution in [0, 0.1) is 42.3 Å². The molecule has 39 heteroatoms.